The van der Waals surface area contributed by atoms with E-state index in [-0.39, 0.29) is 35.6 Å². The van der Waals surface area contributed by atoms with Crippen molar-refractivity contribution in [2.45, 2.75) is 59.0 Å². The number of rotatable bonds is 3. The van der Waals surface area contributed by atoms with Crippen LogP contribution in [0.25, 0.3) is 0 Å². The number of fused-ring (bicyclic) bond motifs is 5. The Kier molecular flexibility index (Phi) is 4.54. The van der Waals surface area contributed by atoms with Gasteiger partial charge in [0.25, 0.3) is 0 Å². The Labute approximate surface area is 171 Å². The first-order valence-electron chi connectivity index (χ1n) is 10.6. The van der Waals surface area contributed by atoms with Crippen LogP contribution in [-0.2, 0) is 19.1 Å². The van der Waals surface area contributed by atoms with Gasteiger partial charge in [-0.1, -0.05) is 31.6 Å². The number of aliphatic hydroxyl groups is 1. The topological polar surface area (TPSA) is 80.7 Å². The van der Waals surface area contributed by atoms with E-state index in [1.165, 1.54) is 18.1 Å². The maximum Gasteiger partial charge on any atom is 0.303 e. The molecule has 4 aliphatic rings. The molecule has 0 saturated heterocycles. The summed E-state index contributed by atoms with van der Waals surface area (Å²) < 4.78 is 4.91. The Morgan fingerprint density at radius 1 is 1.28 bits per heavy atom. The fourth-order valence-electron chi connectivity index (χ4n) is 6.68. The third kappa shape index (κ3) is 2.73. The third-order valence-corrected chi connectivity index (χ3v) is 8.30. The standard InChI is InChI=1S/C24H30O5/c1-14-11-17-18(22(3)8-5-16(26)12-20(14)22)6-9-23(4)19(17)7-10-24(23,28)21(27)13-29-15(2)25/h5-6,8,12,14,17,19,28H,7,9-11,13H2,1-4H3/t14-,17+,19-,22+,23-,24-/m0/s1. The van der Waals surface area contributed by atoms with Crippen LogP contribution < -0.4 is 0 Å². The van der Waals surface area contributed by atoms with Crippen LogP contribution in [-0.4, -0.2) is 34.9 Å². The van der Waals surface area contributed by atoms with Crippen LogP contribution in [0.3, 0.4) is 0 Å². The Morgan fingerprint density at radius 2 is 2.00 bits per heavy atom. The van der Waals surface area contributed by atoms with Gasteiger partial charge in [-0.2, -0.15) is 0 Å². The van der Waals surface area contributed by atoms with E-state index in [2.05, 4.69) is 19.9 Å². The van der Waals surface area contributed by atoms with E-state index in [0.717, 1.165) is 12.8 Å². The van der Waals surface area contributed by atoms with Crippen molar-refractivity contribution in [3.63, 3.8) is 0 Å². The lowest BCUT2D eigenvalue weighted by Crippen LogP contribution is -2.56. The summed E-state index contributed by atoms with van der Waals surface area (Å²) >= 11 is 0. The van der Waals surface area contributed by atoms with E-state index in [1.807, 2.05) is 13.0 Å². The van der Waals surface area contributed by atoms with E-state index >= 15 is 0 Å². The number of hydrogen-bond acceptors (Lipinski definition) is 5. The molecule has 2 saturated carbocycles. The van der Waals surface area contributed by atoms with E-state index in [1.54, 1.807) is 12.2 Å². The second-order valence-electron chi connectivity index (χ2n) is 9.77. The summed E-state index contributed by atoms with van der Waals surface area (Å²) in [7, 11) is 0. The van der Waals surface area contributed by atoms with Crippen LogP contribution in [0.15, 0.2) is 35.5 Å². The Bertz CT molecular complexity index is 880. The molecule has 0 unspecified atom stereocenters. The van der Waals surface area contributed by atoms with Gasteiger partial charge < -0.3 is 9.84 Å². The largest absolute Gasteiger partial charge is 0.458 e. The molecule has 156 valence electrons. The maximum atomic E-state index is 12.9. The van der Waals surface area contributed by atoms with Gasteiger partial charge >= 0.3 is 5.97 Å². The average Bonchev–Trinajstić information content (AvgIpc) is 2.94. The minimum atomic E-state index is -1.48. The Hall–Kier alpha value is -2.01. The van der Waals surface area contributed by atoms with Crippen LogP contribution in [0.1, 0.15) is 53.4 Å². The normalized spacial score (nSPS) is 42.9. The number of allylic oxidation sites excluding steroid dienone is 6. The minimum Gasteiger partial charge on any atom is -0.458 e. The lowest BCUT2D eigenvalue weighted by Gasteiger charge is -2.55. The molecular formula is C24H30O5. The summed E-state index contributed by atoms with van der Waals surface area (Å²) in [5, 5.41) is 11.5. The van der Waals surface area contributed by atoms with Gasteiger partial charge in [0, 0.05) is 17.8 Å². The van der Waals surface area contributed by atoms with Crippen molar-refractivity contribution in [3.8, 4) is 0 Å². The number of ketones is 2. The summed E-state index contributed by atoms with van der Waals surface area (Å²) in [6.07, 6.45) is 10.4. The third-order valence-electron chi connectivity index (χ3n) is 8.30. The van der Waals surface area contributed by atoms with Gasteiger partial charge in [-0.15, -0.1) is 0 Å². The van der Waals surface area contributed by atoms with E-state index in [9.17, 15) is 19.5 Å². The number of carbonyl (C=O) groups excluding carboxylic acids is 3. The SMILES string of the molecule is CC(=O)OCC(=O)[C@@]1(O)CC[C@H]2[C@@H]3C[C@H](C)C4=CC(=O)C=C[C@]4(C)C3=CC[C@@]21C. The molecular weight excluding hydrogens is 368 g/mol. The zero-order chi connectivity index (χ0) is 21.2. The van der Waals surface area contributed by atoms with Crippen LogP contribution in [0, 0.1) is 28.6 Å². The second-order valence-corrected chi connectivity index (χ2v) is 9.77. The zero-order valence-corrected chi connectivity index (χ0v) is 17.7. The first-order valence-corrected chi connectivity index (χ1v) is 10.6. The van der Waals surface area contributed by atoms with Gasteiger partial charge in [0.1, 0.15) is 5.60 Å². The molecule has 0 aliphatic heterocycles. The summed E-state index contributed by atoms with van der Waals surface area (Å²) in [6, 6.07) is 0. The van der Waals surface area contributed by atoms with Crippen molar-refractivity contribution in [3.05, 3.63) is 35.5 Å². The highest BCUT2D eigenvalue weighted by molar-refractivity contribution is 6.01. The van der Waals surface area contributed by atoms with Gasteiger partial charge in [0.2, 0.25) is 5.78 Å². The monoisotopic (exact) mass is 398 g/mol. The highest BCUT2D eigenvalue weighted by atomic mass is 16.5. The molecule has 5 nitrogen and oxygen atoms in total. The summed E-state index contributed by atoms with van der Waals surface area (Å²) in [5.74, 6) is -0.146. The quantitative estimate of drug-likeness (QED) is 0.583. The van der Waals surface area contributed by atoms with Crippen molar-refractivity contribution >= 4 is 17.5 Å². The van der Waals surface area contributed by atoms with Crippen LogP contribution >= 0.6 is 0 Å². The van der Waals surface area contributed by atoms with Crippen LogP contribution in [0.2, 0.25) is 0 Å². The van der Waals surface area contributed by atoms with Gasteiger partial charge in [-0.05, 0) is 68.1 Å². The van der Waals surface area contributed by atoms with Crippen molar-refractivity contribution in [1.29, 1.82) is 0 Å². The van der Waals surface area contributed by atoms with Crippen molar-refractivity contribution in [1.82, 2.24) is 0 Å². The van der Waals surface area contributed by atoms with Gasteiger partial charge in [0.05, 0.1) is 0 Å². The fraction of sp³-hybridized carbons (Fsp3) is 0.625. The van der Waals surface area contributed by atoms with E-state index < -0.39 is 22.8 Å². The first-order chi connectivity index (χ1) is 13.5. The summed E-state index contributed by atoms with van der Waals surface area (Å²) in [4.78, 5) is 36.0. The predicted octanol–water partition coefficient (Wildman–Crippen LogP) is 3.32. The molecule has 4 rings (SSSR count). The lowest BCUT2D eigenvalue weighted by molar-refractivity contribution is -0.162. The highest BCUT2D eigenvalue weighted by Gasteiger charge is 2.64. The molecule has 0 aromatic rings. The molecule has 29 heavy (non-hydrogen) atoms. The minimum absolute atomic E-state index is 0.0512. The number of esters is 1. The van der Waals surface area contributed by atoms with Gasteiger partial charge in [-0.3, -0.25) is 14.4 Å². The predicted molar refractivity (Wildman–Crippen MR) is 108 cm³/mol. The van der Waals surface area contributed by atoms with E-state index in [0.29, 0.717) is 12.8 Å². The second kappa shape index (κ2) is 6.49. The van der Waals surface area contributed by atoms with E-state index in [4.69, 9.17) is 4.74 Å². The summed E-state index contributed by atoms with van der Waals surface area (Å²) in [5.41, 5.74) is 0.178. The Balaban J connectivity index is 1.70. The Morgan fingerprint density at radius 3 is 2.69 bits per heavy atom. The van der Waals surface area contributed by atoms with Gasteiger partial charge in [0.15, 0.2) is 12.4 Å². The first kappa shape index (κ1) is 20.3. The molecule has 0 amide bonds. The zero-order valence-electron chi connectivity index (χ0n) is 17.7. The molecule has 0 aromatic carbocycles. The molecule has 6 atom stereocenters. The number of ether oxygens (including phenoxy) is 1. The van der Waals surface area contributed by atoms with Gasteiger partial charge in [-0.25, -0.2) is 0 Å². The summed E-state index contributed by atoms with van der Waals surface area (Å²) in [6.45, 7) is 7.27. The smallest absolute Gasteiger partial charge is 0.303 e. The molecule has 5 heteroatoms. The lowest BCUT2D eigenvalue weighted by atomic mass is 9.49. The van der Waals surface area contributed by atoms with Crippen LogP contribution in [0.5, 0.6) is 0 Å². The molecule has 2 fully saturated rings. The molecule has 0 bridgehead atoms. The molecule has 0 aromatic heterocycles. The number of Topliss-reactive ketones (excluding diaryl/α,β-unsaturated/α-hetero) is 1. The number of carbonyl (C=O) groups is 3. The van der Waals surface area contributed by atoms with Crippen LogP contribution in [0.4, 0.5) is 0 Å². The molecule has 0 heterocycles. The molecule has 0 spiro atoms. The number of hydrogen-bond donors (Lipinski definition) is 1. The molecule has 4 aliphatic carbocycles. The molecule has 1 N–H and O–H groups in total. The van der Waals surface area contributed by atoms with Crippen molar-refractivity contribution in [2.75, 3.05) is 6.61 Å². The molecule has 0 radical (unpaired) electrons. The highest BCUT2D eigenvalue weighted by Crippen LogP contribution is 2.65. The average molecular weight is 398 g/mol. The van der Waals surface area contributed by atoms with Crippen molar-refractivity contribution in [2.24, 2.45) is 28.6 Å². The fourth-order valence-corrected chi connectivity index (χ4v) is 6.68. The maximum absolute atomic E-state index is 12.9. The van der Waals surface area contributed by atoms with Crippen molar-refractivity contribution < 1.29 is 24.2 Å².